The van der Waals surface area contributed by atoms with Gasteiger partial charge in [-0.15, -0.1) is 0 Å². The molecule has 5 heterocycles. The van der Waals surface area contributed by atoms with Crippen molar-refractivity contribution in [2.45, 2.75) is 253 Å². The predicted octanol–water partition coefficient (Wildman–Crippen LogP) is -1.40. The molecule has 0 aromatic rings. The van der Waals surface area contributed by atoms with Gasteiger partial charge in [-0.05, 0) is 99.2 Å². The fourth-order valence-electron chi connectivity index (χ4n) is 16.4. The van der Waals surface area contributed by atoms with Crippen LogP contribution in [-0.2, 0) is 66.7 Å². The largest absolute Gasteiger partial charge is 0.456 e. The summed E-state index contributed by atoms with van der Waals surface area (Å²) < 4.78 is 97.9. The van der Waals surface area contributed by atoms with Crippen molar-refractivity contribution >= 4 is 16.4 Å². The predicted molar refractivity (Wildman–Crippen MR) is 274 cm³/mol. The number of hydrogen-bond donors (Lipinski definition) is 12. The van der Waals surface area contributed by atoms with E-state index in [2.05, 4.69) is 20.8 Å². The van der Waals surface area contributed by atoms with Crippen LogP contribution in [-0.4, -0.2) is 242 Å². The van der Waals surface area contributed by atoms with E-state index in [1.807, 2.05) is 33.8 Å². The van der Waals surface area contributed by atoms with E-state index in [1.54, 1.807) is 0 Å². The Bertz CT molecular complexity index is 2380. The van der Waals surface area contributed by atoms with Crippen LogP contribution in [0.5, 0.6) is 0 Å². The lowest BCUT2D eigenvalue weighted by atomic mass is 9.40. The van der Waals surface area contributed by atoms with Crippen molar-refractivity contribution in [2.24, 2.45) is 39.4 Å². The van der Waals surface area contributed by atoms with E-state index < -0.39 is 198 Å². The van der Waals surface area contributed by atoms with Gasteiger partial charge < -0.3 is 104 Å². The van der Waals surface area contributed by atoms with Gasteiger partial charge in [0.15, 0.2) is 25.2 Å². The molecule has 1 unspecified atom stereocenters. The molecule has 28 atom stereocenters. The van der Waals surface area contributed by atoms with E-state index in [1.165, 1.54) is 14.0 Å². The van der Waals surface area contributed by atoms with Gasteiger partial charge in [0.25, 0.3) is 0 Å². The van der Waals surface area contributed by atoms with Crippen molar-refractivity contribution in [3.63, 3.8) is 0 Å². The summed E-state index contributed by atoms with van der Waals surface area (Å²) in [6.45, 7) is 13.5. The van der Waals surface area contributed by atoms with Crippen molar-refractivity contribution in [1.82, 2.24) is 0 Å². The normalized spacial score (nSPS) is 51.7. The molecular weight excluding hydrogens is 1100 g/mol. The molecule has 8 fully saturated rings. The summed E-state index contributed by atoms with van der Waals surface area (Å²) in [5.74, 6) is -0.430. The number of allylic oxidation sites excluding steroid dienone is 1. The van der Waals surface area contributed by atoms with Crippen molar-refractivity contribution in [1.29, 1.82) is 0 Å². The van der Waals surface area contributed by atoms with Crippen molar-refractivity contribution in [3.8, 4) is 0 Å². The molecule has 466 valence electrons. The van der Waals surface area contributed by atoms with Crippen LogP contribution >= 0.6 is 0 Å². The van der Waals surface area contributed by atoms with Crippen LogP contribution in [0.2, 0.25) is 0 Å². The molecule has 27 heteroatoms. The molecule has 5 saturated heterocycles. The molecule has 26 nitrogen and oxygen atoms in total. The summed E-state index contributed by atoms with van der Waals surface area (Å²) >= 11 is 0. The first-order chi connectivity index (χ1) is 37.8. The van der Waals surface area contributed by atoms with Gasteiger partial charge in [-0.2, -0.15) is 8.42 Å². The van der Waals surface area contributed by atoms with Crippen LogP contribution in [0.25, 0.3) is 0 Å². The number of aliphatic hydroxyl groups excluding tert-OH is 10. The molecule has 3 saturated carbocycles. The maximum Gasteiger partial charge on any atom is 0.397 e. The third-order valence-electron chi connectivity index (χ3n) is 20.8. The highest BCUT2D eigenvalue weighted by molar-refractivity contribution is 7.80. The Morgan fingerprint density at radius 2 is 1.30 bits per heavy atom. The van der Waals surface area contributed by atoms with E-state index in [4.69, 9.17) is 51.6 Å². The molecule has 1 spiro atoms. The van der Waals surface area contributed by atoms with E-state index in [0.717, 1.165) is 18.4 Å². The van der Waals surface area contributed by atoms with Gasteiger partial charge in [0, 0.05) is 7.11 Å². The van der Waals surface area contributed by atoms with Gasteiger partial charge in [-0.25, -0.2) is 4.18 Å². The summed E-state index contributed by atoms with van der Waals surface area (Å²) in [6, 6.07) is 0. The number of carbonyl (C=O) groups is 1. The Labute approximate surface area is 471 Å². The minimum absolute atomic E-state index is 0.111. The molecule has 0 aromatic heterocycles. The number of cyclic esters (lactones) is 1. The third-order valence-corrected chi connectivity index (χ3v) is 21.3. The first-order valence-corrected chi connectivity index (χ1v) is 29.9. The first-order valence-electron chi connectivity index (χ1n) is 28.5. The topological polar surface area (TPSA) is 396 Å². The van der Waals surface area contributed by atoms with Crippen LogP contribution in [0.3, 0.4) is 0 Å². The number of fused-ring (bicyclic) bond motifs is 4. The average Bonchev–Trinajstić information content (AvgIpc) is 1.90. The second-order valence-electron chi connectivity index (χ2n) is 26.0. The van der Waals surface area contributed by atoms with E-state index in [0.29, 0.717) is 50.9 Å². The van der Waals surface area contributed by atoms with Gasteiger partial charge in [0.05, 0.1) is 38.1 Å². The quantitative estimate of drug-likeness (QED) is 0.0345. The van der Waals surface area contributed by atoms with E-state index in [9.17, 15) is 73.9 Å². The van der Waals surface area contributed by atoms with Gasteiger partial charge in [0.2, 0.25) is 0 Å². The summed E-state index contributed by atoms with van der Waals surface area (Å²) in [4.78, 5) is 14.5. The van der Waals surface area contributed by atoms with Gasteiger partial charge in [-0.3, -0.25) is 9.35 Å². The molecule has 0 bridgehead atoms. The van der Waals surface area contributed by atoms with Crippen LogP contribution in [0, 0.1) is 39.4 Å². The fraction of sp³-hybridized carbons (Fsp3) is 0.944. The molecule has 9 rings (SSSR count). The van der Waals surface area contributed by atoms with Crippen molar-refractivity contribution < 1.29 is 125 Å². The van der Waals surface area contributed by atoms with Crippen molar-refractivity contribution in [3.05, 3.63) is 11.6 Å². The lowest BCUT2D eigenvalue weighted by Gasteiger charge is -2.64. The molecule has 4 aliphatic carbocycles. The van der Waals surface area contributed by atoms with Crippen LogP contribution in [0.15, 0.2) is 11.6 Å². The highest BCUT2D eigenvalue weighted by atomic mass is 32.3. The third kappa shape index (κ3) is 10.4. The maximum absolute atomic E-state index is 14.5. The zero-order valence-electron chi connectivity index (χ0n) is 47.4. The molecule has 0 radical (unpaired) electrons. The highest BCUT2D eigenvalue weighted by Gasteiger charge is 2.85. The van der Waals surface area contributed by atoms with Crippen LogP contribution in [0.1, 0.15) is 113 Å². The summed E-state index contributed by atoms with van der Waals surface area (Å²) in [7, 11) is -4.01. The number of esters is 1. The maximum atomic E-state index is 14.5. The Balaban J connectivity index is 0.911. The van der Waals surface area contributed by atoms with E-state index in [-0.39, 0.29) is 11.8 Å². The van der Waals surface area contributed by atoms with Gasteiger partial charge >= 0.3 is 16.4 Å². The zero-order valence-corrected chi connectivity index (χ0v) is 48.2. The summed E-state index contributed by atoms with van der Waals surface area (Å²) in [5.41, 5.74) is -5.44. The Kier molecular flexibility index (Phi) is 18.2. The highest BCUT2D eigenvalue weighted by Crippen LogP contribution is 2.77. The molecule has 5 aliphatic heterocycles. The molecule has 0 aromatic carbocycles. The van der Waals surface area contributed by atoms with Crippen LogP contribution < -0.4 is 0 Å². The summed E-state index contributed by atoms with van der Waals surface area (Å²) in [6.07, 6.45) is -27.3. The minimum Gasteiger partial charge on any atom is -0.456 e. The lowest BCUT2D eigenvalue weighted by Crippen LogP contribution is -2.68. The SMILES string of the molecule is CO[C@@H]1[C@@H](O)[C@H](O[C@@H]2[C@@H](O)[C@H](O[C@H]3[C@H](O)[C@@H](O)[C@H](O[C@H]4[C@H](O[C@H]5CC[C@]6(C)C7=C[C@H](O)[C@]89C(=O)O[C@@](C)(CCCC(C)C)[C@@]8(O)CC[C@@]9(C)[C@@H]7CCC6C5(C)C)OC[C@@H](OS(=O)(=O)O)[C@@H]4O)O[C@@H]3C)O[C@H](CO)[C@H]2O)O[C@H](CO)[C@H]1O. The average molecular weight is 1190 g/mol. The lowest BCUT2D eigenvalue weighted by molar-refractivity contribution is -0.389. The number of aliphatic hydroxyl groups is 11. The van der Waals surface area contributed by atoms with Crippen LogP contribution in [0.4, 0.5) is 0 Å². The standard InChI is InChI=1S/C54H88O26S/c1-23(2)11-10-15-52(8)53(66)18-17-51(7)25-12-13-30-49(4,5)32(14-16-50(30,6)26(25)19-31(57)54(51,53)48(65)79-52)75-47-43(35(60)29(22-71-47)80-81(67,68)69)78-44-37(62)36(61)40(24(3)72-44)76-46-39(64)42(34(59)28(21-56)74-46)77-45-38(63)41(70-9)33(58)27(20-55)73-45/h19,23-25,27-47,55-64,66H,10-18,20-22H2,1-9H3,(H,67,68,69)/t24-,25-,27-,28-,29-,30?,31+,32+,33-,34-,35+,36-,37-,38-,39-,40-,41+,42+,43-,44+,45+,46+,47+,50-,51+,52+,53+,54-/m1/s1. The van der Waals surface area contributed by atoms with Gasteiger partial charge in [0.1, 0.15) is 102 Å². The Morgan fingerprint density at radius 3 is 1.90 bits per heavy atom. The Hall–Kier alpha value is -1.72. The fourth-order valence-corrected chi connectivity index (χ4v) is 16.9. The number of rotatable bonds is 17. The Morgan fingerprint density at radius 1 is 0.704 bits per heavy atom. The molecule has 0 amide bonds. The molecule has 81 heavy (non-hydrogen) atoms. The summed E-state index contributed by atoms with van der Waals surface area (Å²) in [5, 5.41) is 125. The number of ether oxygens (including phenoxy) is 10. The molecular formula is C54H88O26S. The first kappa shape index (κ1) is 63.8. The number of carbonyl (C=O) groups excluding carboxylic acids is 1. The zero-order chi connectivity index (χ0) is 59.5. The van der Waals surface area contributed by atoms with E-state index >= 15 is 0 Å². The van der Waals surface area contributed by atoms with Crippen molar-refractivity contribution in [2.75, 3.05) is 26.9 Å². The number of methoxy groups -OCH3 is 1. The second-order valence-corrected chi connectivity index (χ2v) is 27.1. The minimum atomic E-state index is -5.19. The smallest absolute Gasteiger partial charge is 0.397 e. The van der Waals surface area contributed by atoms with Gasteiger partial charge in [-0.1, -0.05) is 59.6 Å². The molecule has 9 aliphatic rings. The second kappa shape index (κ2) is 23.1. The number of hydrogen-bond acceptors (Lipinski definition) is 25. The monoisotopic (exact) mass is 1180 g/mol. The molecule has 12 N–H and O–H groups in total.